The van der Waals surface area contributed by atoms with Crippen molar-refractivity contribution in [2.75, 3.05) is 25.1 Å². The standard InChI is InChI=1S/C20H22N2O2/c1-3-20(23)21-13-15-12-16-6-4-5-7-19(16)22(14-15)17-8-10-18(24-2)11-9-17/h3-11,15H,1,12-14H2,2H3,(H,21,23). The van der Waals surface area contributed by atoms with E-state index in [4.69, 9.17) is 4.74 Å². The number of benzene rings is 2. The van der Waals surface area contributed by atoms with Gasteiger partial charge in [-0.25, -0.2) is 0 Å². The third kappa shape index (κ3) is 3.43. The summed E-state index contributed by atoms with van der Waals surface area (Å²) in [6, 6.07) is 16.5. The van der Waals surface area contributed by atoms with Crippen molar-refractivity contribution in [1.29, 1.82) is 0 Å². The topological polar surface area (TPSA) is 41.6 Å². The molecule has 0 spiro atoms. The average Bonchev–Trinajstić information content (AvgIpc) is 2.65. The second-order valence-corrected chi connectivity index (χ2v) is 5.96. The molecule has 1 unspecified atom stereocenters. The number of para-hydroxylation sites is 1. The number of carbonyl (C=O) groups is 1. The molecule has 0 fully saturated rings. The van der Waals surface area contributed by atoms with Gasteiger partial charge in [0.15, 0.2) is 0 Å². The molecule has 1 heterocycles. The molecular formula is C20H22N2O2. The van der Waals surface area contributed by atoms with Crippen LogP contribution in [0.2, 0.25) is 0 Å². The van der Waals surface area contributed by atoms with E-state index in [9.17, 15) is 4.79 Å². The molecule has 1 amide bonds. The zero-order valence-electron chi connectivity index (χ0n) is 13.9. The molecule has 0 saturated carbocycles. The first-order valence-electron chi connectivity index (χ1n) is 8.11. The van der Waals surface area contributed by atoms with E-state index in [1.165, 1.54) is 17.3 Å². The number of hydrogen-bond donors (Lipinski definition) is 1. The van der Waals surface area contributed by atoms with Crippen molar-refractivity contribution in [3.05, 3.63) is 66.7 Å². The normalized spacial score (nSPS) is 16.2. The summed E-state index contributed by atoms with van der Waals surface area (Å²) in [5.74, 6) is 1.08. The van der Waals surface area contributed by atoms with Gasteiger partial charge >= 0.3 is 0 Å². The van der Waals surface area contributed by atoms with Gasteiger partial charge < -0.3 is 15.0 Å². The Morgan fingerprint density at radius 2 is 2.04 bits per heavy atom. The minimum atomic E-state index is -0.121. The number of fused-ring (bicyclic) bond motifs is 1. The maximum absolute atomic E-state index is 11.5. The molecule has 2 aromatic carbocycles. The summed E-state index contributed by atoms with van der Waals surface area (Å²) in [6.45, 7) is 5.01. The van der Waals surface area contributed by atoms with Crippen molar-refractivity contribution < 1.29 is 9.53 Å². The summed E-state index contributed by atoms with van der Waals surface area (Å²) < 4.78 is 5.25. The Hall–Kier alpha value is -2.75. The molecule has 0 bridgehead atoms. The maximum Gasteiger partial charge on any atom is 0.243 e. The Morgan fingerprint density at radius 3 is 2.75 bits per heavy atom. The van der Waals surface area contributed by atoms with Crippen LogP contribution in [0.4, 0.5) is 11.4 Å². The van der Waals surface area contributed by atoms with E-state index in [2.05, 4.69) is 53.2 Å². The highest BCUT2D eigenvalue weighted by Gasteiger charge is 2.25. The minimum absolute atomic E-state index is 0.121. The monoisotopic (exact) mass is 322 g/mol. The molecule has 4 heteroatoms. The van der Waals surface area contributed by atoms with E-state index in [1.54, 1.807) is 7.11 Å². The van der Waals surface area contributed by atoms with Gasteiger partial charge in [-0.3, -0.25) is 4.79 Å². The van der Waals surface area contributed by atoms with Gasteiger partial charge in [0.2, 0.25) is 5.91 Å². The van der Waals surface area contributed by atoms with Crippen LogP contribution in [0, 0.1) is 5.92 Å². The molecule has 4 nitrogen and oxygen atoms in total. The van der Waals surface area contributed by atoms with Gasteiger partial charge in [-0.1, -0.05) is 24.8 Å². The number of amides is 1. The number of carbonyl (C=O) groups excluding carboxylic acids is 1. The summed E-state index contributed by atoms with van der Waals surface area (Å²) in [5.41, 5.74) is 3.66. The van der Waals surface area contributed by atoms with E-state index in [-0.39, 0.29) is 5.91 Å². The van der Waals surface area contributed by atoms with E-state index >= 15 is 0 Å². The first-order chi connectivity index (χ1) is 11.7. The fourth-order valence-corrected chi connectivity index (χ4v) is 3.14. The van der Waals surface area contributed by atoms with Crippen molar-refractivity contribution in [2.45, 2.75) is 6.42 Å². The zero-order chi connectivity index (χ0) is 16.9. The van der Waals surface area contributed by atoms with E-state index in [1.807, 2.05) is 12.1 Å². The van der Waals surface area contributed by atoms with Gasteiger partial charge in [0.1, 0.15) is 5.75 Å². The first kappa shape index (κ1) is 16.1. The van der Waals surface area contributed by atoms with Crippen LogP contribution in [0.15, 0.2) is 61.2 Å². The molecule has 1 atom stereocenters. The smallest absolute Gasteiger partial charge is 0.243 e. The van der Waals surface area contributed by atoms with Crippen LogP contribution in [0.25, 0.3) is 0 Å². The van der Waals surface area contributed by atoms with Crippen LogP contribution < -0.4 is 15.0 Å². The lowest BCUT2D eigenvalue weighted by Crippen LogP contribution is -2.38. The molecule has 2 aromatic rings. The Morgan fingerprint density at radius 1 is 1.29 bits per heavy atom. The third-order valence-corrected chi connectivity index (χ3v) is 4.37. The van der Waals surface area contributed by atoms with E-state index < -0.39 is 0 Å². The van der Waals surface area contributed by atoms with Gasteiger partial charge in [-0.15, -0.1) is 0 Å². The largest absolute Gasteiger partial charge is 0.497 e. The molecule has 0 aliphatic carbocycles. The summed E-state index contributed by atoms with van der Waals surface area (Å²) in [7, 11) is 1.67. The fourth-order valence-electron chi connectivity index (χ4n) is 3.14. The van der Waals surface area contributed by atoms with Crippen LogP contribution in [0.3, 0.4) is 0 Å². The van der Waals surface area contributed by atoms with Gasteiger partial charge in [-0.2, -0.15) is 0 Å². The highest BCUT2D eigenvalue weighted by molar-refractivity contribution is 5.86. The third-order valence-electron chi connectivity index (χ3n) is 4.37. The van der Waals surface area contributed by atoms with E-state index in [0.29, 0.717) is 12.5 Å². The van der Waals surface area contributed by atoms with Crippen LogP contribution in [0.1, 0.15) is 5.56 Å². The van der Waals surface area contributed by atoms with Gasteiger partial charge in [0.25, 0.3) is 0 Å². The lowest BCUT2D eigenvalue weighted by Gasteiger charge is -2.36. The number of nitrogens with one attached hydrogen (secondary N) is 1. The summed E-state index contributed by atoms with van der Waals surface area (Å²) in [4.78, 5) is 13.8. The Kier molecular flexibility index (Phi) is 4.85. The number of anilines is 2. The molecule has 1 N–H and O–H groups in total. The maximum atomic E-state index is 11.5. The molecule has 0 aromatic heterocycles. The van der Waals surface area contributed by atoms with Crippen molar-refractivity contribution in [1.82, 2.24) is 5.32 Å². The molecular weight excluding hydrogens is 300 g/mol. The van der Waals surface area contributed by atoms with Gasteiger partial charge in [-0.05, 0) is 54.3 Å². The molecule has 0 saturated heterocycles. The fraction of sp³-hybridized carbons (Fsp3) is 0.250. The highest BCUT2D eigenvalue weighted by atomic mass is 16.5. The number of rotatable bonds is 5. The SMILES string of the molecule is C=CC(=O)NCC1Cc2ccccc2N(c2ccc(OC)cc2)C1. The second kappa shape index (κ2) is 7.21. The molecule has 3 rings (SSSR count). The molecule has 1 aliphatic heterocycles. The number of methoxy groups -OCH3 is 1. The molecule has 1 aliphatic rings. The van der Waals surface area contributed by atoms with Crippen LogP contribution in [0.5, 0.6) is 5.75 Å². The summed E-state index contributed by atoms with van der Waals surface area (Å²) in [5, 5.41) is 2.92. The van der Waals surface area contributed by atoms with Crippen molar-refractivity contribution in [2.24, 2.45) is 5.92 Å². The van der Waals surface area contributed by atoms with Gasteiger partial charge in [0, 0.05) is 24.5 Å². The average molecular weight is 322 g/mol. The summed E-state index contributed by atoms with van der Waals surface area (Å²) >= 11 is 0. The Bertz CT molecular complexity index is 725. The molecule has 124 valence electrons. The van der Waals surface area contributed by atoms with E-state index in [0.717, 1.165) is 24.4 Å². The quantitative estimate of drug-likeness (QED) is 0.859. The van der Waals surface area contributed by atoms with Crippen molar-refractivity contribution >= 4 is 17.3 Å². The number of hydrogen-bond acceptors (Lipinski definition) is 3. The molecule has 0 radical (unpaired) electrons. The van der Waals surface area contributed by atoms with Crippen LogP contribution >= 0.6 is 0 Å². The minimum Gasteiger partial charge on any atom is -0.497 e. The predicted molar refractivity (Wildman–Crippen MR) is 96.8 cm³/mol. The number of nitrogens with zero attached hydrogens (tertiary/aromatic N) is 1. The van der Waals surface area contributed by atoms with Crippen molar-refractivity contribution in [3.63, 3.8) is 0 Å². The summed E-state index contributed by atoms with van der Waals surface area (Å²) in [6.07, 6.45) is 2.28. The molecule has 24 heavy (non-hydrogen) atoms. The predicted octanol–water partition coefficient (Wildman–Crippen LogP) is 3.31. The van der Waals surface area contributed by atoms with Crippen LogP contribution in [-0.4, -0.2) is 26.1 Å². The highest BCUT2D eigenvalue weighted by Crippen LogP contribution is 2.35. The number of ether oxygens (including phenoxy) is 1. The van der Waals surface area contributed by atoms with Crippen molar-refractivity contribution in [3.8, 4) is 5.75 Å². The van der Waals surface area contributed by atoms with Crippen LogP contribution in [-0.2, 0) is 11.2 Å². The Balaban J connectivity index is 1.85. The first-order valence-corrected chi connectivity index (χ1v) is 8.11. The zero-order valence-corrected chi connectivity index (χ0v) is 13.9. The Labute approximate surface area is 142 Å². The van der Waals surface area contributed by atoms with Gasteiger partial charge in [0.05, 0.1) is 7.11 Å². The lowest BCUT2D eigenvalue weighted by atomic mass is 9.92. The second-order valence-electron chi connectivity index (χ2n) is 5.96. The lowest BCUT2D eigenvalue weighted by molar-refractivity contribution is -0.116.